The van der Waals surface area contributed by atoms with Crippen molar-refractivity contribution in [1.29, 1.82) is 0 Å². The number of benzene rings is 1. The number of rotatable bonds is 10. The van der Waals surface area contributed by atoms with Crippen LogP contribution in [0.5, 0.6) is 0 Å². The highest BCUT2D eigenvalue weighted by atomic mass is 28.4. The van der Waals surface area contributed by atoms with E-state index in [9.17, 15) is 0 Å². The van der Waals surface area contributed by atoms with Gasteiger partial charge in [-0.15, -0.1) is 0 Å². The molecule has 1 unspecified atom stereocenters. The standard InChI is InChI=1S/C19H28O3Si/c1-4-20-23(21-5-2,22-6-3)15-14-18-12-13-19(18)16-17-10-8-7-9-11-17/h7-11,13-15,18H,4-6,12,16H2,1-3H3. The molecule has 3 nitrogen and oxygen atoms in total. The maximum Gasteiger partial charge on any atom is 0.529 e. The minimum Gasteiger partial charge on any atom is -0.371 e. The Hall–Kier alpha value is -1.20. The Morgan fingerprint density at radius 2 is 1.61 bits per heavy atom. The molecule has 2 rings (SSSR count). The van der Waals surface area contributed by atoms with Crippen molar-refractivity contribution in [3.05, 3.63) is 59.3 Å². The molecule has 4 heteroatoms. The molecule has 1 aromatic carbocycles. The average Bonchev–Trinajstić information content (AvgIpc) is 2.53. The van der Waals surface area contributed by atoms with Gasteiger partial charge in [0.15, 0.2) is 0 Å². The summed E-state index contributed by atoms with van der Waals surface area (Å²) in [7, 11) is -2.67. The minimum absolute atomic E-state index is 0.475. The minimum atomic E-state index is -2.67. The predicted molar refractivity (Wildman–Crippen MR) is 96.1 cm³/mol. The van der Waals surface area contributed by atoms with Crippen molar-refractivity contribution in [2.24, 2.45) is 5.92 Å². The summed E-state index contributed by atoms with van der Waals surface area (Å²) in [6, 6.07) is 10.6. The summed E-state index contributed by atoms with van der Waals surface area (Å²) in [5.74, 6) is 0.475. The first-order chi connectivity index (χ1) is 11.2. The molecule has 0 saturated carbocycles. The Kier molecular flexibility index (Phi) is 7.24. The fourth-order valence-electron chi connectivity index (χ4n) is 2.76. The second-order valence-corrected chi connectivity index (χ2v) is 7.95. The second kappa shape index (κ2) is 9.18. The zero-order valence-electron chi connectivity index (χ0n) is 14.5. The van der Waals surface area contributed by atoms with Gasteiger partial charge >= 0.3 is 8.80 Å². The van der Waals surface area contributed by atoms with Crippen LogP contribution < -0.4 is 0 Å². The zero-order chi connectivity index (χ0) is 16.5. The Morgan fingerprint density at radius 3 is 2.09 bits per heavy atom. The van der Waals surface area contributed by atoms with E-state index in [0.717, 1.165) is 12.8 Å². The van der Waals surface area contributed by atoms with Crippen molar-refractivity contribution in [2.75, 3.05) is 19.8 Å². The van der Waals surface area contributed by atoms with Gasteiger partial charge in [0.25, 0.3) is 0 Å². The van der Waals surface area contributed by atoms with Crippen LogP contribution in [0.3, 0.4) is 0 Å². The third kappa shape index (κ3) is 5.14. The molecular weight excluding hydrogens is 304 g/mol. The van der Waals surface area contributed by atoms with E-state index in [1.165, 1.54) is 11.1 Å². The molecule has 1 aliphatic rings. The van der Waals surface area contributed by atoms with Crippen LogP contribution in [-0.2, 0) is 19.7 Å². The normalized spacial score (nSPS) is 18.0. The maximum atomic E-state index is 5.87. The quantitative estimate of drug-likeness (QED) is 0.472. The molecule has 0 amide bonds. The molecular formula is C19H28O3Si. The molecule has 1 aliphatic carbocycles. The maximum absolute atomic E-state index is 5.87. The third-order valence-corrected chi connectivity index (χ3v) is 6.60. The van der Waals surface area contributed by atoms with Crippen molar-refractivity contribution in [1.82, 2.24) is 0 Å². The Balaban J connectivity index is 2.01. The van der Waals surface area contributed by atoms with Crippen LogP contribution in [0.4, 0.5) is 0 Å². The van der Waals surface area contributed by atoms with Crippen LogP contribution in [0.1, 0.15) is 32.8 Å². The molecule has 0 heterocycles. The van der Waals surface area contributed by atoms with Crippen molar-refractivity contribution in [3.63, 3.8) is 0 Å². The number of hydrogen-bond acceptors (Lipinski definition) is 3. The molecule has 126 valence electrons. The molecule has 23 heavy (non-hydrogen) atoms. The van der Waals surface area contributed by atoms with E-state index in [1.54, 1.807) is 0 Å². The molecule has 1 atom stereocenters. The van der Waals surface area contributed by atoms with E-state index in [4.69, 9.17) is 13.3 Å². The van der Waals surface area contributed by atoms with Gasteiger partial charge in [-0.3, -0.25) is 0 Å². The molecule has 0 saturated heterocycles. The van der Waals surface area contributed by atoms with E-state index in [1.807, 2.05) is 20.8 Å². The van der Waals surface area contributed by atoms with Gasteiger partial charge in [-0.2, -0.15) is 0 Å². The molecule has 0 aliphatic heterocycles. The lowest BCUT2D eigenvalue weighted by atomic mass is 9.81. The summed E-state index contributed by atoms with van der Waals surface area (Å²) in [4.78, 5) is 0. The Bertz CT molecular complexity index is 508. The first-order valence-corrected chi connectivity index (χ1v) is 10.4. The van der Waals surface area contributed by atoms with Crippen LogP contribution in [0.15, 0.2) is 53.8 Å². The second-order valence-electron chi connectivity index (χ2n) is 5.55. The molecule has 0 fully saturated rings. The number of hydrogen-bond donors (Lipinski definition) is 0. The highest BCUT2D eigenvalue weighted by Crippen LogP contribution is 2.32. The van der Waals surface area contributed by atoms with Gasteiger partial charge in [0.1, 0.15) is 0 Å². The summed E-state index contributed by atoms with van der Waals surface area (Å²) in [6.07, 6.45) is 6.66. The van der Waals surface area contributed by atoms with Gasteiger partial charge in [0.05, 0.1) is 0 Å². The van der Waals surface area contributed by atoms with Gasteiger partial charge in [0, 0.05) is 25.7 Å². The topological polar surface area (TPSA) is 27.7 Å². The van der Waals surface area contributed by atoms with Crippen molar-refractivity contribution in [2.45, 2.75) is 33.6 Å². The van der Waals surface area contributed by atoms with Crippen LogP contribution >= 0.6 is 0 Å². The summed E-state index contributed by atoms with van der Waals surface area (Å²) in [5.41, 5.74) is 4.91. The molecule has 0 bridgehead atoms. The SMILES string of the molecule is CCO[Si](C=CC1CC=C1Cc1ccccc1)(OCC)OCC. The van der Waals surface area contributed by atoms with E-state index >= 15 is 0 Å². The predicted octanol–water partition coefficient (Wildman–Crippen LogP) is 4.32. The fourth-order valence-corrected chi connectivity index (χ4v) is 4.98. The van der Waals surface area contributed by atoms with Crippen molar-refractivity contribution in [3.8, 4) is 0 Å². The van der Waals surface area contributed by atoms with Gasteiger partial charge in [-0.25, -0.2) is 0 Å². The first-order valence-electron chi connectivity index (χ1n) is 8.57. The van der Waals surface area contributed by atoms with Gasteiger partial charge < -0.3 is 13.3 Å². The lowest BCUT2D eigenvalue weighted by Gasteiger charge is -2.28. The van der Waals surface area contributed by atoms with Crippen LogP contribution in [0.25, 0.3) is 0 Å². The van der Waals surface area contributed by atoms with Gasteiger partial charge in [-0.1, -0.05) is 48.1 Å². The largest absolute Gasteiger partial charge is 0.529 e. The average molecular weight is 333 g/mol. The van der Waals surface area contributed by atoms with Gasteiger partial charge in [-0.05, 0) is 44.9 Å². The van der Waals surface area contributed by atoms with E-state index in [0.29, 0.717) is 25.7 Å². The Morgan fingerprint density at radius 1 is 1.00 bits per heavy atom. The molecule has 0 spiro atoms. The van der Waals surface area contributed by atoms with Crippen molar-refractivity contribution >= 4 is 8.80 Å². The van der Waals surface area contributed by atoms with Crippen LogP contribution in [0.2, 0.25) is 0 Å². The van der Waals surface area contributed by atoms with E-state index in [2.05, 4.69) is 48.2 Å². The monoisotopic (exact) mass is 332 g/mol. The highest BCUT2D eigenvalue weighted by Gasteiger charge is 2.38. The van der Waals surface area contributed by atoms with Gasteiger partial charge in [0.2, 0.25) is 0 Å². The number of allylic oxidation sites excluding steroid dienone is 3. The fraction of sp³-hybridized carbons (Fsp3) is 0.474. The summed E-state index contributed by atoms with van der Waals surface area (Å²) in [5, 5.41) is 0. The van der Waals surface area contributed by atoms with Crippen molar-refractivity contribution < 1.29 is 13.3 Å². The van der Waals surface area contributed by atoms with E-state index < -0.39 is 8.80 Å². The molecule has 0 N–H and O–H groups in total. The van der Waals surface area contributed by atoms with E-state index in [-0.39, 0.29) is 0 Å². The molecule has 1 aromatic rings. The first kappa shape index (κ1) is 18.1. The summed E-state index contributed by atoms with van der Waals surface area (Å²) < 4.78 is 17.6. The highest BCUT2D eigenvalue weighted by molar-refractivity contribution is 6.66. The third-order valence-electron chi connectivity index (χ3n) is 3.93. The van der Waals surface area contributed by atoms with Crippen LogP contribution in [0, 0.1) is 5.92 Å². The molecule has 0 aromatic heterocycles. The zero-order valence-corrected chi connectivity index (χ0v) is 15.5. The summed E-state index contributed by atoms with van der Waals surface area (Å²) >= 11 is 0. The lowest BCUT2D eigenvalue weighted by Crippen LogP contribution is -2.44. The smallest absolute Gasteiger partial charge is 0.371 e. The lowest BCUT2D eigenvalue weighted by molar-refractivity contribution is 0.0841. The van der Waals surface area contributed by atoms with Crippen LogP contribution in [-0.4, -0.2) is 28.6 Å². The molecule has 0 radical (unpaired) electrons. The Labute approximate surface area is 141 Å². The summed E-state index contributed by atoms with van der Waals surface area (Å²) in [6.45, 7) is 7.77.